The normalized spacial score (nSPS) is 9.95. The number of anilines is 2. The molecule has 0 radical (unpaired) electrons. The van der Waals surface area contributed by atoms with Crippen LogP contribution in [0.1, 0.15) is 5.56 Å². The van der Waals surface area contributed by atoms with Crippen LogP contribution in [0.25, 0.3) is 0 Å². The standard InChI is InChI=1S/C15H15FN2O2/c1-10-9-11(16)7-8-12(10)17-15(19)18-13-5-3-4-6-14(13)20-2/h3-9H,1-2H3,(H2,17,18,19). The van der Waals surface area contributed by atoms with Gasteiger partial charge < -0.3 is 15.4 Å². The first-order valence-corrected chi connectivity index (χ1v) is 6.07. The van der Waals surface area contributed by atoms with Gasteiger partial charge in [-0.25, -0.2) is 9.18 Å². The predicted octanol–water partition coefficient (Wildman–Crippen LogP) is 3.79. The van der Waals surface area contributed by atoms with Crippen molar-refractivity contribution in [3.05, 3.63) is 53.8 Å². The number of halogens is 1. The van der Waals surface area contributed by atoms with Gasteiger partial charge in [-0.15, -0.1) is 0 Å². The van der Waals surface area contributed by atoms with E-state index in [2.05, 4.69) is 10.6 Å². The molecule has 0 saturated heterocycles. The van der Waals surface area contributed by atoms with Crippen LogP contribution in [-0.4, -0.2) is 13.1 Å². The molecule has 0 aliphatic heterocycles. The van der Waals surface area contributed by atoms with Gasteiger partial charge in [-0.3, -0.25) is 0 Å². The van der Waals surface area contributed by atoms with Crippen molar-refractivity contribution in [3.63, 3.8) is 0 Å². The number of urea groups is 1. The summed E-state index contributed by atoms with van der Waals surface area (Å²) in [7, 11) is 1.53. The lowest BCUT2D eigenvalue weighted by atomic mass is 10.2. The van der Waals surface area contributed by atoms with Gasteiger partial charge in [0.2, 0.25) is 0 Å². The number of hydrogen-bond acceptors (Lipinski definition) is 2. The first kappa shape index (κ1) is 13.9. The monoisotopic (exact) mass is 274 g/mol. The maximum Gasteiger partial charge on any atom is 0.323 e. The topological polar surface area (TPSA) is 50.4 Å². The Morgan fingerprint density at radius 1 is 1.10 bits per heavy atom. The van der Waals surface area contributed by atoms with Crippen LogP contribution in [0.2, 0.25) is 0 Å². The zero-order valence-electron chi connectivity index (χ0n) is 11.2. The summed E-state index contributed by atoms with van der Waals surface area (Å²) in [6.07, 6.45) is 0. The van der Waals surface area contributed by atoms with Crippen molar-refractivity contribution in [2.75, 3.05) is 17.7 Å². The minimum atomic E-state index is -0.413. The van der Waals surface area contributed by atoms with E-state index in [0.29, 0.717) is 22.7 Å². The molecule has 4 nitrogen and oxygen atoms in total. The Labute approximate surface area is 116 Å². The van der Waals surface area contributed by atoms with Crippen LogP contribution in [0, 0.1) is 12.7 Å². The van der Waals surface area contributed by atoms with Crippen LogP contribution < -0.4 is 15.4 Å². The number of carbonyl (C=O) groups excluding carboxylic acids is 1. The number of benzene rings is 2. The van der Waals surface area contributed by atoms with E-state index >= 15 is 0 Å². The third-order valence-electron chi connectivity index (χ3n) is 2.79. The fourth-order valence-corrected chi connectivity index (χ4v) is 1.79. The van der Waals surface area contributed by atoms with Gasteiger partial charge in [0.15, 0.2) is 0 Å². The molecule has 20 heavy (non-hydrogen) atoms. The Bertz CT molecular complexity index is 629. The van der Waals surface area contributed by atoms with Gasteiger partial charge in [0.05, 0.1) is 12.8 Å². The number of para-hydroxylation sites is 2. The molecule has 0 aliphatic carbocycles. The van der Waals surface area contributed by atoms with Crippen molar-refractivity contribution in [1.82, 2.24) is 0 Å². The van der Waals surface area contributed by atoms with Gasteiger partial charge in [0.25, 0.3) is 0 Å². The molecule has 0 bridgehead atoms. The zero-order chi connectivity index (χ0) is 14.5. The summed E-state index contributed by atoms with van der Waals surface area (Å²) in [5.74, 6) is 0.233. The van der Waals surface area contributed by atoms with Crippen LogP contribution in [0.3, 0.4) is 0 Å². The summed E-state index contributed by atoms with van der Waals surface area (Å²) in [6, 6.07) is 10.9. The lowest BCUT2D eigenvalue weighted by Gasteiger charge is -2.12. The van der Waals surface area contributed by atoms with E-state index in [0.717, 1.165) is 0 Å². The second-order valence-corrected chi connectivity index (χ2v) is 4.24. The molecule has 2 aromatic carbocycles. The molecule has 2 aromatic rings. The SMILES string of the molecule is COc1ccccc1NC(=O)Nc1ccc(F)cc1C. The number of carbonyl (C=O) groups is 1. The Morgan fingerprint density at radius 2 is 1.80 bits per heavy atom. The summed E-state index contributed by atoms with van der Waals surface area (Å²) in [5, 5.41) is 5.35. The smallest absolute Gasteiger partial charge is 0.323 e. The second kappa shape index (κ2) is 6.06. The van der Waals surface area contributed by atoms with Crippen LogP contribution >= 0.6 is 0 Å². The number of rotatable bonds is 3. The quantitative estimate of drug-likeness (QED) is 0.894. The number of methoxy groups -OCH3 is 1. The van der Waals surface area contributed by atoms with E-state index in [-0.39, 0.29) is 5.82 Å². The maximum absolute atomic E-state index is 13.0. The predicted molar refractivity (Wildman–Crippen MR) is 76.8 cm³/mol. The third kappa shape index (κ3) is 3.26. The molecule has 0 saturated carbocycles. The Hall–Kier alpha value is -2.56. The summed E-state index contributed by atoms with van der Waals surface area (Å²) in [4.78, 5) is 11.9. The molecule has 0 fully saturated rings. The van der Waals surface area contributed by atoms with Crippen molar-refractivity contribution in [3.8, 4) is 5.75 Å². The van der Waals surface area contributed by atoms with Crippen LogP contribution in [0.4, 0.5) is 20.6 Å². The fourth-order valence-electron chi connectivity index (χ4n) is 1.79. The van der Waals surface area contributed by atoms with E-state index in [9.17, 15) is 9.18 Å². The van der Waals surface area contributed by atoms with Crippen molar-refractivity contribution < 1.29 is 13.9 Å². The average Bonchev–Trinajstić information content (AvgIpc) is 2.42. The van der Waals surface area contributed by atoms with Crippen molar-refractivity contribution in [2.24, 2.45) is 0 Å². The van der Waals surface area contributed by atoms with Crippen molar-refractivity contribution in [2.45, 2.75) is 6.92 Å². The summed E-state index contributed by atoms with van der Waals surface area (Å²) >= 11 is 0. The molecule has 0 unspecified atom stereocenters. The van der Waals surface area contributed by atoms with Crippen LogP contribution in [-0.2, 0) is 0 Å². The van der Waals surface area contributed by atoms with E-state index in [1.807, 2.05) is 6.07 Å². The molecule has 2 rings (SSSR count). The van der Waals surface area contributed by atoms with Crippen LogP contribution in [0.5, 0.6) is 5.75 Å². The van der Waals surface area contributed by atoms with E-state index in [1.54, 1.807) is 25.1 Å². The van der Waals surface area contributed by atoms with Gasteiger partial charge in [-0.05, 0) is 42.8 Å². The molecule has 0 heterocycles. The van der Waals surface area contributed by atoms with Gasteiger partial charge in [-0.1, -0.05) is 12.1 Å². The van der Waals surface area contributed by atoms with E-state index < -0.39 is 6.03 Å². The fraction of sp³-hybridized carbons (Fsp3) is 0.133. The largest absolute Gasteiger partial charge is 0.495 e. The Kier molecular flexibility index (Phi) is 4.20. The highest BCUT2D eigenvalue weighted by Crippen LogP contribution is 2.23. The highest BCUT2D eigenvalue weighted by atomic mass is 19.1. The first-order valence-electron chi connectivity index (χ1n) is 6.07. The van der Waals surface area contributed by atoms with E-state index in [4.69, 9.17) is 4.74 Å². The average molecular weight is 274 g/mol. The van der Waals surface area contributed by atoms with Gasteiger partial charge in [0, 0.05) is 5.69 Å². The minimum Gasteiger partial charge on any atom is -0.495 e. The highest BCUT2D eigenvalue weighted by molar-refractivity contribution is 6.01. The summed E-state index contributed by atoms with van der Waals surface area (Å²) in [5.41, 5.74) is 1.77. The zero-order valence-corrected chi connectivity index (χ0v) is 11.2. The molecular formula is C15H15FN2O2. The molecule has 2 N–H and O–H groups in total. The molecule has 5 heteroatoms. The molecule has 2 amide bonds. The highest BCUT2D eigenvalue weighted by Gasteiger charge is 2.08. The maximum atomic E-state index is 13.0. The molecule has 0 aliphatic rings. The Morgan fingerprint density at radius 3 is 2.50 bits per heavy atom. The minimum absolute atomic E-state index is 0.335. The van der Waals surface area contributed by atoms with Crippen LogP contribution in [0.15, 0.2) is 42.5 Å². The van der Waals surface area contributed by atoms with Gasteiger partial charge >= 0.3 is 6.03 Å². The number of nitrogens with one attached hydrogen (secondary N) is 2. The van der Waals surface area contributed by atoms with Gasteiger partial charge in [-0.2, -0.15) is 0 Å². The summed E-state index contributed by atoms with van der Waals surface area (Å²) in [6.45, 7) is 1.72. The van der Waals surface area contributed by atoms with Crippen molar-refractivity contribution in [1.29, 1.82) is 0 Å². The Balaban J connectivity index is 2.09. The number of aryl methyl sites for hydroxylation is 1. The second-order valence-electron chi connectivity index (χ2n) is 4.24. The third-order valence-corrected chi connectivity index (χ3v) is 2.79. The first-order chi connectivity index (χ1) is 9.60. The number of ether oxygens (including phenoxy) is 1. The summed E-state index contributed by atoms with van der Waals surface area (Å²) < 4.78 is 18.1. The van der Waals surface area contributed by atoms with Crippen molar-refractivity contribution >= 4 is 17.4 Å². The molecule has 104 valence electrons. The molecule has 0 aromatic heterocycles. The number of hydrogen-bond donors (Lipinski definition) is 2. The van der Waals surface area contributed by atoms with Gasteiger partial charge in [0.1, 0.15) is 11.6 Å². The van der Waals surface area contributed by atoms with E-state index in [1.165, 1.54) is 25.3 Å². The molecule has 0 atom stereocenters. The molecule has 0 spiro atoms. The molecular weight excluding hydrogens is 259 g/mol. The lowest BCUT2D eigenvalue weighted by molar-refractivity contribution is 0.262. The number of amides is 2. The lowest BCUT2D eigenvalue weighted by Crippen LogP contribution is -2.20.